The van der Waals surface area contributed by atoms with Crippen LogP contribution in [0.1, 0.15) is 51.4 Å². The van der Waals surface area contributed by atoms with Crippen LogP contribution in [0.2, 0.25) is 0 Å². The molecule has 1 amide bonds. The summed E-state index contributed by atoms with van der Waals surface area (Å²) in [5.74, 6) is 0.630. The lowest BCUT2D eigenvalue weighted by Gasteiger charge is -2.10. The van der Waals surface area contributed by atoms with Crippen molar-refractivity contribution < 1.29 is 19.7 Å². The third-order valence-corrected chi connectivity index (χ3v) is 5.50. The van der Waals surface area contributed by atoms with Gasteiger partial charge in [-0.05, 0) is 19.1 Å². The molecule has 1 aromatic rings. The first-order valence-electron chi connectivity index (χ1n) is 8.89. The van der Waals surface area contributed by atoms with E-state index in [2.05, 4.69) is 17.2 Å². The second-order valence-corrected chi connectivity index (χ2v) is 8.17. The van der Waals surface area contributed by atoms with E-state index in [0.29, 0.717) is 48.4 Å². The molecule has 1 unspecified atom stereocenters. The average molecular weight is 405 g/mol. The first-order chi connectivity index (χ1) is 12.6. The minimum Gasteiger partial charge on any atom is -0.493 e. The summed E-state index contributed by atoms with van der Waals surface area (Å²) in [6.45, 7) is 6.73. The average Bonchev–Trinajstić information content (AvgIpc) is 2.67. The molecule has 0 aromatic carbocycles. The van der Waals surface area contributed by atoms with Crippen LogP contribution in [-0.2, 0) is 18.0 Å². The predicted octanol–water partition coefficient (Wildman–Crippen LogP) is 3.16. The molecule has 1 heterocycles. The maximum Gasteiger partial charge on any atom is 0.220 e. The van der Waals surface area contributed by atoms with E-state index in [-0.39, 0.29) is 19.1 Å². The number of aliphatic hydroxyl groups excluding tert-OH is 2. The zero-order valence-electron chi connectivity index (χ0n) is 16.2. The minimum absolute atomic E-state index is 0.0672. The number of aromatic nitrogens is 1. The second-order valence-electron chi connectivity index (χ2n) is 5.27. The molecule has 1 atom stereocenters. The number of ether oxygens (including phenoxy) is 1. The van der Waals surface area contributed by atoms with Gasteiger partial charge in [-0.15, -0.1) is 0 Å². The van der Waals surface area contributed by atoms with Gasteiger partial charge in [-0.1, -0.05) is 42.4 Å². The molecule has 0 aliphatic carbocycles. The van der Waals surface area contributed by atoms with Crippen molar-refractivity contribution in [3.05, 3.63) is 23.5 Å². The van der Waals surface area contributed by atoms with Gasteiger partial charge >= 0.3 is 0 Å². The predicted molar refractivity (Wildman–Crippen MR) is 110 cm³/mol. The molecule has 0 aliphatic rings. The van der Waals surface area contributed by atoms with Crippen LogP contribution >= 0.6 is 21.6 Å². The Bertz CT molecular complexity index is 482. The number of carbonyl (C=O) groups excluding carboxylic acids is 1. The Morgan fingerprint density at radius 2 is 1.88 bits per heavy atom. The van der Waals surface area contributed by atoms with Crippen LogP contribution in [0.3, 0.4) is 0 Å². The minimum atomic E-state index is -0.201. The Morgan fingerprint density at radius 1 is 1.27 bits per heavy atom. The van der Waals surface area contributed by atoms with Gasteiger partial charge in [0.05, 0.1) is 31.2 Å². The van der Waals surface area contributed by atoms with Gasteiger partial charge < -0.3 is 20.3 Å². The highest BCUT2D eigenvalue weighted by atomic mass is 33.1. The summed E-state index contributed by atoms with van der Waals surface area (Å²) in [5, 5.41) is 21.6. The standard InChI is InChI=1S/C16H26N2O4S2.C2H6/c1-12(24-23-2)4-5-16(21)17-6-3-7-22-15-8-13(10-19)18-14(9-15)11-20;1-2/h8-9,12,19-20H,3-7,10-11H2,1-2H3,(H,17,21);1-2H3. The fraction of sp³-hybridized carbons (Fsp3) is 0.667. The molecule has 0 bridgehead atoms. The molecule has 0 spiro atoms. The van der Waals surface area contributed by atoms with Crippen molar-refractivity contribution in [3.63, 3.8) is 0 Å². The monoisotopic (exact) mass is 404 g/mol. The van der Waals surface area contributed by atoms with Gasteiger partial charge in [-0.2, -0.15) is 0 Å². The highest BCUT2D eigenvalue weighted by Crippen LogP contribution is 2.26. The molecule has 0 fully saturated rings. The van der Waals surface area contributed by atoms with Gasteiger partial charge in [0.2, 0.25) is 5.91 Å². The normalized spacial score (nSPS) is 11.3. The van der Waals surface area contributed by atoms with E-state index in [1.807, 2.05) is 20.1 Å². The molecule has 150 valence electrons. The van der Waals surface area contributed by atoms with Gasteiger partial charge in [0.25, 0.3) is 0 Å². The SMILES string of the molecule is CC.CSSC(C)CCC(=O)NCCCOc1cc(CO)nc(CO)c1. The molecule has 6 nitrogen and oxygen atoms in total. The molecular formula is C18H32N2O4S2. The van der Waals surface area contributed by atoms with Crippen molar-refractivity contribution in [3.8, 4) is 5.75 Å². The Morgan fingerprint density at radius 3 is 2.42 bits per heavy atom. The van der Waals surface area contributed by atoms with Gasteiger partial charge in [0, 0.05) is 30.3 Å². The lowest BCUT2D eigenvalue weighted by Crippen LogP contribution is -2.25. The summed E-state index contributed by atoms with van der Waals surface area (Å²) in [6, 6.07) is 3.28. The van der Waals surface area contributed by atoms with Crippen LogP contribution < -0.4 is 10.1 Å². The summed E-state index contributed by atoms with van der Waals surface area (Å²) < 4.78 is 5.58. The van der Waals surface area contributed by atoms with E-state index in [9.17, 15) is 4.79 Å². The van der Waals surface area contributed by atoms with Crippen LogP contribution in [0.25, 0.3) is 0 Å². The Balaban J connectivity index is 0.00000301. The Kier molecular flexibility index (Phi) is 15.6. The number of hydrogen-bond acceptors (Lipinski definition) is 7. The van der Waals surface area contributed by atoms with Gasteiger partial charge in [0.15, 0.2) is 0 Å². The van der Waals surface area contributed by atoms with Crippen molar-refractivity contribution in [1.29, 1.82) is 0 Å². The molecule has 0 radical (unpaired) electrons. The Labute approximate surface area is 164 Å². The van der Waals surface area contributed by atoms with Crippen LogP contribution in [0.4, 0.5) is 0 Å². The first kappa shape index (κ1) is 25.0. The van der Waals surface area contributed by atoms with Crippen LogP contribution in [0.5, 0.6) is 5.75 Å². The number of nitrogens with one attached hydrogen (secondary N) is 1. The smallest absolute Gasteiger partial charge is 0.220 e. The fourth-order valence-electron chi connectivity index (χ4n) is 1.99. The number of rotatable bonds is 12. The number of carbonyl (C=O) groups is 1. The maximum absolute atomic E-state index is 11.7. The van der Waals surface area contributed by atoms with Crippen molar-refractivity contribution in [2.45, 2.75) is 58.5 Å². The summed E-state index contributed by atoms with van der Waals surface area (Å²) in [7, 11) is 3.51. The van der Waals surface area contributed by atoms with E-state index in [1.165, 1.54) is 0 Å². The Hall–Kier alpha value is -0.960. The van der Waals surface area contributed by atoms with Gasteiger partial charge in [-0.25, -0.2) is 0 Å². The van der Waals surface area contributed by atoms with Gasteiger partial charge in [0.1, 0.15) is 5.75 Å². The number of aliphatic hydroxyl groups is 2. The van der Waals surface area contributed by atoms with Crippen molar-refractivity contribution in [1.82, 2.24) is 10.3 Å². The van der Waals surface area contributed by atoms with Crippen molar-refractivity contribution >= 4 is 27.5 Å². The van der Waals surface area contributed by atoms with Crippen molar-refractivity contribution in [2.75, 3.05) is 19.4 Å². The van der Waals surface area contributed by atoms with E-state index in [1.54, 1.807) is 33.7 Å². The quantitative estimate of drug-likeness (QED) is 0.364. The highest BCUT2D eigenvalue weighted by Gasteiger charge is 2.07. The number of hydrogen-bond donors (Lipinski definition) is 3. The molecule has 0 aliphatic heterocycles. The zero-order chi connectivity index (χ0) is 19.8. The van der Waals surface area contributed by atoms with E-state index in [0.717, 1.165) is 6.42 Å². The molecule has 1 aromatic heterocycles. The molecule has 26 heavy (non-hydrogen) atoms. The second kappa shape index (κ2) is 16.2. The first-order valence-corrected chi connectivity index (χ1v) is 11.5. The molecular weight excluding hydrogens is 372 g/mol. The largest absolute Gasteiger partial charge is 0.493 e. The van der Waals surface area contributed by atoms with E-state index >= 15 is 0 Å². The summed E-state index contributed by atoms with van der Waals surface area (Å²) >= 11 is 0. The third kappa shape index (κ3) is 11.6. The van der Waals surface area contributed by atoms with E-state index in [4.69, 9.17) is 14.9 Å². The van der Waals surface area contributed by atoms with Crippen LogP contribution in [-0.4, -0.2) is 45.8 Å². The number of pyridine rings is 1. The fourth-order valence-corrected chi connectivity index (χ4v) is 3.81. The number of amides is 1. The zero-order valence-corrected chi connectivity index (χ0v) is 17.8. The lowest BCUT2D eigenvalue weighted by molar-refractivity contribution is -0.121. The summed E-state index contributed by atoms with van der Waals surface area (Å²) in [4.78, 5) is 15.8. The molecule has 3 N–H and O–H groups in total. The maximum atomic E-state index is 11.7. The summed E-state index contributed by atoms with van der Waals surface area (Å²) in [6.07, 6.45) is 4.14. The highest BCUT2D eigenvalue weighted by molar-refractivity contribution is 8.76. The topological polar surface area (TPSA) is 91.7 Å². The van der Waals surface area contributed by atoms with Gasteiger partial charge in [-0.3, -0.25) is 9.78 Å². The summed E-state index contributed by atoms with van der Waals surface area (Å²) in [5.41, 5.74) is 0.921. The van der Waals surface area contributed by atoms with Crippen LogP contribution in [0, 0.1) is 0 Å². The van der Waals surface area contributed by atoms with Crippen molar-refractivity contribution in [2.24, 2.45) is 0 Å². The number of nitrogens with zero attached hydrogens (tertiary/aromatic N) is 1. The molecule has 8 heteroatoms. The molecule has 0 saturated carbocycles. The van der Waals surface area contributed by atoms with E-state index < -0.39 is 0 Å². The molecule has 1 rings (SSSR count). The lowest BCUT2D eigenvalue weighted by atomic mass is 10.2. The third-order valence-electron chi connectivity index (χ3n) is 3.18. The van der Waals surface area contributed by atoms with Crippen LogP contribution in [0.15, 0.2) is 12.1 Å². The molecule has 0 saturated heterocycles.